The van der Waals surface area contributed by atoms with E-state index in [1.54, 1.807) is 6.07 Å². The maximum Gasteiger partial charge on any atom is 0.241 e. The van der Waals surface area contributed by atoms with Crippen LogP contribution in [0.5, 0.6) is 0 Å². The molecule has 1 aliphatic rings. The zero-order valence-electron chi connectivity index (χ0n) is 12.1. The average molecular weight is 335 g/mol. The van der Waals surface area contributed by atoms with Gasteiger partial charge < -0.3 is 10.6 Å². The highest BCUT2D eigenvalue weighted by atomic mass is 35.5. The van der Waals surface area contributed by atoms with Gasteiger partial charge in [-0.05, 0) is 30.2 Å². The number of anilines is 1. The lowest BCUT2D eigenvalue weighted by molar-refractivity contribution is -0.126. The molecule has 2 aromatic rings. The van der Waals surface area contributed by atoms with E-state index in [4.69, 9.17) is 11.6 Å². The molecule has 2 unspecified atom stereocenters. The van der Waals surface area contributed by atoms with E-state index >= 15 is 0 Å². The lowest BCUT2D eigenvalue weighted by Gasteiger charge is -2.32. The van der Waals surface area contributed by atoms with Gasteiger partial charge in [-0.1, -0.05) is 41.9 Å². The summed E-state index contributed by atoms with van der Waals surface area (Å²) in [5, 5.41) is 5.84. The standard InChI is InChI=1S/C16H16ClFN4O/c17-12-9-11(6-7-13(12)18)19-16-20-15(23)14(21-22-16)8-10-4-2-1-3-5-10/h1-7,9,14,16,19,21-22H,8H2,(H,20,23). The van der Waals surface area contributed by atoms with Gasteiger partial charge >= 0.3 is 0 Å². The Labute approximate surface area is 138 Å². The Morgan fingerprint density at radius 1 is 1.13 bits per heavy atom. The van der Waals surface area contributed by atoms with Gasteiger partial charge in [0.2, 0.25) is 5.91 Å². The third-order valence-electron chi connectivity index (χ3n) is 3.52. The minimum absolute atomic E-state index is 0.0204. The quantitative estimate of drug-likeness (QED) is 0.690. The van der Waals surface area contributed by atoms with Gasteiger partial charge in [-0.3, -0.25) is 4.79 Å². The first kappa shape index (κ1) is 15.7. The molecule has 2 aromatic carbocycles. The molecule has 0 bridgehead atoms. The van der Waals surface area contributed by atoms with Crippen LogP contribution in [0.25, 0.3) is 0 Å². The van der Waals surface area contributed by atoms with Crippen molar-refractivity contribution in [2.75, 3.05) is 5.32 Å². The number of carbonyl (C=O) groups excluding carboxylic acids is 1. The van der Waals surface area contributed by atoms with Gasteiger partial charge in [0.05, 0.1) is 5.02 Å². The van der Waals surface area contributed by atoms with E-state index in [0.29, 0.717) is 12.1 Å². The van der Waals surface area contributed by atoms with Crippen LogP contribution in [0, 0.1) is 5.82 Å². The average Bonchev–Trinajstić information content (AvgIpc) is 2.55. The molecule has 23 heavy (non-hydrogen) atoms. The highest BCUT2D eigenvalue weighted by Crippen LogP contribution is 2.19. The largest absolute Gasteiger partial charge is 0.352 e. The van der Waals surface area contributed by atoms with Gasteiger partial charge in [0.25, 0.3) is 0 Å². The Morgan fingerprint density at radius 2 is 1.91 bits per heavy atom. The fourth-order valence-electron chi connectivity index (χ4n) is 2.35. The number of carbonyl (C=O) groups is 1. The molecule has 0 spiro atoms. The van der Waals surface area contributed by atoms with Crippen molar-refractivity contribution >= 4 is 23.2 Å². The normalized spacial score (nSPS) is 20.9. The summed E-state index contributed by atoms with van der Waals surface area (Å²) < 4.78 is 13.1. The van der Waals surface area contributed by atoms with E-state index in [0.717, 1.165) is 5.56 Å². The smallest absolute Gasteiger partial charge is 0.241 e. The van der Waals surface area contributed by atoms with Crippen LogP contribution in [-0.4, -0.2) is 18.2 Å². The number of hydrazine groups is 1. The summed E-state index contributed by atoms with van der Waals surface area (Å²) in [5.41, 5.74) is 7.62. The summed E-state index contributed by atoms with van der Waals surface area (Å²) in [4.78, 5) is 12.2. The van der Waals surface area contributed by atoms with Crippen molar-refractivity contribution in [1.82, 2.24) is 16.2 Å². The highest BCUT2D eigenvalue weighted by Gasteiger charge is 2.27. The molecule has 1 fully saturated rings. The Balaban J connectivity index is 1.58. The second kappa shape index (κ2) is 6.95. The van der Waals surface area contributed by atoms with Crippen LogP contribution in [0.1, 0.15) is 5.56 Å². The third-order valence-corrected chi connectivity index (χ3v) is 3.81. The predicted molar refractivity (Wildman–Crippen MR) is 87.2 cm³/mol. The highest BCUT2D eigenvalue weighted by molar-refractivity contribution is 6.31. The van der Waals surface area contributed by atoms with Gasteiger partial charge in [-0.2, -0.15) is 0 Å². The minimum atomic E-state index is -0.518. The van der Waals surface area contributed by atoms with E-state index in [2.05, 4.69) is 21.5 Å². The SMILES string of the molecule is O=C1NC(Nc2ccc(F)c(Cl)c2)NNC1Cc1ccccc1. The van der Waals surface area contributed by atoms with Crippen molar-refractivity contribution < 1.29 is 9.18 Å². The zero-order valence-corrected chi connectivity index (χ0v) is 12.9. The lowest BCUT2D eigenvalue weighted by Crippen LogP contribution is -2.68. The summed E-state index contributed by atoms with van der Waals surface area (Å²) in [7, 11) is 0. The fraction of sp³-hybridized carbons (Fsp3) is 0.188. The molecular formula is C16H16ClFN4O. The third kappa shape index (κ3) is 3.98. The molecule has 1 amide bonds. The monoisotopic (exact) mass is 334 g/mol. The summed E-state index contributed by atoms with van der Waals surface area (Å²) in [6.45, 7) is 0. The van der Waals surface area contributed by atoms with Crippen molar-refractivity contribution in [3.8, 4) is 0 Å². The van der Waals surface area contributed by atoms with Crippen LogP contribution in [0.4, 0.5) is 10.1 Å². The van der Waals surface area contributed by atoms with Gasteiger partial charge in [-0.25, -0.2) is 15.2 Å². The zero-order chi connectivity index (χ0) is 16.2. The molecule has 3 rings (SSSR count). The minimum Gasteiger partial charge on any atom is -0.352 e. The second-order valence-electron chi connectivity index (χ2n) is 5.25. The molecular weight excluding hydrogens is 319 g/mol. The first-order valence-electron chi connectivity index (χ1n) is 7.19. The van der Waals surface area contributed by atoms with Crippen LogP contribution < -0.4 is 21.5 Å². The number of rotatable bonds is 4. The number of amides is 1. The van der Waals surface area contributed by atoms with Gasteiger partial charge in [-0.15, -0.1) is 0 Å². The summed E-state index contributed by atoms with van der Waals surface area (Å²) >= 11 is 5.74. The van der Waals surface area contributed by atoms with Crippen LogP contribution in [0.15, 0.2) is 48.5 Å². The molecule has 0 aliphatic carbocycles. The van der Waals surface area contributed by atoms with E-state index in [1.807, 2.05) is 30.3 Å². The van der Waals surface area contributed by atoms with Crippen molar-refractivity contribution in [1.29, 1.82) is 0 Å². The van der Waals surface area contributed by atoms with E-state index in [9.17, 15) is 9.18 Å². The first-order valence-corrected chi connectivity index (χ1v) is 7.56. The Hall–Kier alpha value is -2.15. The Bertz CT molecular complexity index is 698. The van der Waals surface area contributed by atoms with Crippen LogP contribution in [0.2, 0.25) is 5.02 Å². The summed E-state index contributed by atoms with van der Waals surface area (Å²) in [6, 6.07) is 13.7. The number of nitrogens with one attached hydrogen (secondary N) is 4. The number of hydrogen-bond acceptors (Lipinski definition) is 4. The number of benzene rings is 2. The van der Waals surface area contributed by atoms with Crippen molar-refractivity contribution in [3.05, 3.63) is 64.9 Å². The molecule has 2 atom stereocenters. The Kier molecular flexibility index (Phi) is 4.76. The van der Waals surface area contributed by atoms with Crippen LogP contribution in [-0.2, 0) is 11.2 Å². The molecule has 120 valence electrons. The second-order valence-corrected chi connectivity index (χ2v) is 5.65. The molecule has 7 heteroatoms. The molecule has 0 radical (unpaired) electrons. The van der Waals surface area contributed by atoms with E-state index in [1.165, 1.54) is 12.1 Å². The molecule has 1 heterocycles. The predicted octanol–water partition coefficient (Wildman–Crippen LogP) is 2.01. The molecule has 0 aromatic heterocycles. The molecule has 4 N–H and O–H groups in total. The van der Waals surface area contributed by atoms with Crippen LogP contribution >= 0.6 is 11.6 Å². The van der Waals surface area contributed by atoms with Crippen molar-refractivity contribution in [3.63, 3.8) is 0 Å². The Morgan fingerprint density at radius 3 is 2.61 bits per heavy atom. The fourth-order valence-corrected chi connectivity index (χ4v) is 2.53. The van der Waals surface area contributed by atoms with Crippen LogP contribution in [0.3, 0.4) is 0 Å². The van der Waals surface area contributed by atoms with E-state index in [-0.39, 0.29) is 17.0 Å². The molecule has 1 saturated heterocycles. The van der Waals surface area contributed by atoms with Crippen molar-refractivity contribution in [2.24, 2.45) is 0 Å². The number of hydrogen-bond donors (Lipinski definition) is 4. The molecule has 0 saturated carbocycles. The first-order chi connectivity index (χ1) is 11.1. The summed E-state index contributed by atoms with van der Waals surface area (Å²) in [6.07, 6.45) is 0.0606. The maximum atomic E-state index is 13.1. The topological polar surface area (TPSA) is 65.2 Å². The molecule has 1 aliphatic heterocycles. The lowest BCUT2D eigenvalue weighted by atomic mass is 10.1. The summed E-state index contributed by atoms with van der Waals surface area (Å²) in [5.74, 6) is -0.614. The van der Waals surface area contributed by atoms with Gasteiger partial charge in [0, 0.05) is 5.69 Å². The van der Waals surface area contributed by atoms with E-state index < -0.39 is 12.1 Å². The van der Waals surface area contributed by atoms with Gasteiger partial charge in [0.15, 0.2) is 6.29 Å². The number of halogens is 2. The van der Waals surface area contributed by atoms with Gasteiger partial charge in [0.1, 0.15) is 11.9 Å². The van der Waals surface area contributed by atoms with Crippen molar-refractivity contribution in [2.45, 2.75) is 18.8 Å². The maximum absolute atomic E-state index is 13.1. The molecule has 5 nitrogen and oxygen atoms in total.